The van der Waals surface area contributed by atoms with E-state index in [0.29, 0.717) is 11.1 Å². The topological polar surface area (TPSA) is 26.3 Å². The van der Waals surface area contributed by atoms with Crippen molar-refractivity contribution in [2.24, 2.45) is 0 Å². The quantitative estimate of drug-likeness (QED) is 0.382. The van der Waals surface area contributed by atoms with Crippen LogP contribution < -0.4 is 4.74 Å². The van der Waals surface area contributed by atoms with Gasteiger partial charge in [-0.2, -0.15) is 22.0 Å². The van der Waals surface area contributed by atoms with Crippen LogP contribution in [0.15, 0.2) is 12.1 Å². The molecular formula is C18H23F5O2. The van der Waals surface area contributed by atoms with E-state index < -0.39 is 28.9 Å². The Balaban J connectivity index is 3.60. The molecule has 1 aromatic rings. The van der Waals surface area contributed by atoms with Crippen molar-refractivity contribution in [2.45, 2.75) is 71.4 Å². The lowest BCUT2D eigenvalue weighted by molar-refractivity contribution is -0.276. The molecule has 142 valence electrons. The van der Waals surface area contributed by atoms with Crippen LogP contribution in [0.1, 0.15) is 58.2 Å². The van der Waals surface area contributed by atoms with Crippen molar-refractivity contribution in [3.63, 3.8) is 0 Å². The number of carbonyl (C=O) groups is 1. The molecule has 7 heteroatoms. The van der Waals surface area contributed by atoms with Gasteiger partial charge in [0, 0.05) is 11.1 Å². The van der Waals surface area contributed by atoms with Crippen molar-refractivity contribution >= 4 is 5.97 Å². The van der Waals surface area contributed by atoms with Crippen molar-refractivity contribution in [3.8, 4) is 5.75 Å². The molecule has 0 fully saturated rings. The summed E-state index contributed by atoms with van der Waals surface area (Å²) in [6, 6.07) is 3.26. The first kappa shape index (κ1) is 21.4. The van der Waals surface area contributed by atoms with Crippen LogP contribution in [0.4, 0.5) is 22.0 Å². The van der Waals surface area contributed by atoms with E-state index in [1.807, 2.05) is 0 Å². The summed E-state index contributed by atoms with van der Waals surface area (Å²) in [5, 5.41) is 0. The fourth-order valence-electron chi connectivity index (χ4n) is 2.27. The number of esters is 1. The van der Waals surface area contributed by atoms with Crippen LogP contribution >= 0.6 is 0 Å². The summed E-state index contributed by atoms with van der Waals surface area (Å²) in [6.45, 7) is 12.3. The number of hydrogen-bond acceptors (Lipinski definition) is 2. The molecule has 0 aliphatic rings. The molecule has 0 spiro atoms. The third kappa shape index (κ3) is 4.50. The van der Waals surface area contributed by atoms with Gasteiger partial charge in [-0.25, -0.2) is 4.79 Å². The summed E-state index contributed by atoms with van der Waals surface area (Å²) in [4.78, 5) is 11.6. The van der Waals surface area contributed by atoms with Gasteiger partial charge in [-0.05, 0) is 17.8 Å². The molecule has 1 aromatic carbocycles. The smallest absolute Gasteiger partial charge is 0.421 e. The lowest BCUT2D eigenvalue weighted by atomic mass is 9.78. The molecule has 0 atom stereocenters. The minimum atomic E-state index is -6.02. The molecule has 0 aromatic heterocycles. The van der Waals surface area contributed by atoms with Crippen LogP contribution in [0.3, 0.4) is 0 Å². The van der Waals surface area contributed by atoms with Crippen molar-refractivity contribution in [1.29, 1.82) is 0 Å². The minimum Gasteiger partial charge on any atom is -0.421 e. The highest BCUT2D eigenvalue weighted by molar-refractivity contribution is 5.81. The maximum Gasteiger partial charge on any atom is 0.465 e. The first-order valence-electron chi connectivity index (χ1n) is 7.71. The molecule has 0 N–H and O–H groups in total. The second kappa shape index (κ2) is 6.25. The van der Waals surface area contributed by atoms with E-state index in [0.717, 1.165) is 5.56 Å². The Bertz CT molecular complexity index is 627. The monoisotopic (exact) mass is 366 g/mol. The van der Waals surface area contributed by atoms with Gasteiger partial charge < -0.3 is 4.74 Å². The summed E-state index contributed by atoms with van der Waals surface area (Å²) in [5.74, 6) is -8.44. The van der Waals surface area contributed by atoms with E-state index in [2.05, 4.69) is 4.74 Å². The highest BCUT2D eigenvalue weighted by Gasteiger charge is 2.65. The van der Waals surface area contributed by atoms with Crippen molar-refractivity contribution in [3.05, 3.63) is 28.8 Å². The van der Waals surface area contributed by atoms with Crippen molar-refractivity contribution in [2.75, 3.05) is 0 Å². The van der Waals surface area contributed by atoms with Crippen LogP contribution in [-0.4, -0.2) is 18.1 Å². The number of ether oxygens (including phenoxy) is 1. The number of hydrogen-bond donors (Lipinski definition) is 0. The number of benzene rings is 1. The second-order valence-electron chi connectivity index (χ2n) is 8.15. The average Bonchev–Trinajstić information content (AvgIpc) is 2.36. The van der Waals surface area contributed by atoms with Gasteiger partial charge in [-0.3, -0.25) is 0 Å². The third-order valence-electron chi connectivity index (χ3n) is 3.66. The van der Waals surface area contributed by atoms with E-state index in [1.54, 1.807) is 60.6 Å². The molecule has 25 heavy (non-hydrogen) atoms. The van der Waals surface area contributed by atoms with Crippen LogP contribution in [0.2, 0.25) is 0 Å². The van der Waals surface area contributed by atoms with Gasteiger partial charge in [0.15, 0.2) is 0 Å². The summed E-state index contributed by atoms with van der Waals surface area (Å²) >= 11 is 0. The fraction of sp³-hybridized carbons (Fsp3) is 0.611. The Kier molecular flexibility index (Phi) is 5.35. The summed E-state index contributed by atoms with van der Waals surface area (Å²) in [7, 11) is 0. The van der Waals surface area contributed by atoms with Gasteiger partial charge in [-0.15, -0.1) is 0 Å². The lowest BCUT2D eigenvalue weighted by Gasteiger charge is -2.30. The van der Waals surface area contributed by atoms with Crippen LogP contribution in [0.25, 0.3) is 0 Å². The highest BCUT2D eigenvalue weighted by Crippen LogP contribution is 2.43. The predicted molar refractivity (Wildman–Crippen MR) is 85.2 cm³/mol. The fourth-order valence-corrected chi connectivity index (χ4v) is 2.27. The predicted octanol–water partition coefficient (Wildman–Crippen LogP) is 5.69. The Hall–Kier alpha value is -1.66. The molecule has 0 aliphatic carbocycles. The SMILES string of the molecule is Cc1cc(C(C)(C)C)c(OC(=O)C(F)(F)C(F)(F)F)c(C(C)(C)C)c1. The molecule has 0 unspecified atom stereocenters. The standard InChI is InChI=1S/C18H23F5O2/c1-10-8-11(15(2,3)4)13(12(9-10)16(5,6)7)25-14(24)17(19,20)18(21,22)23/h8-9H,1-7H3. The maximum absolute atomic E-state index is 13.3. The number of halogens is 5. The molecule has 2 nitrogen and oxygen atoms in total. The van der Waals surface area contributed by atoms with E-state index in [4.69, 9.17) is 0 Å². The second-order valence-corrected chi connectivity index (χ2v) is 8.15. The zero-order chi connectivity index (χ0) is 20.0. The average molecular weight is 366 g/mol. The van der Waals surface area contributed by atoms with E-state index >= 15 is 0 Å². The number of aryl methyl sites for hydroxylation is 1. The number of carbonyl (C=O) groups excluding carboxylic acids is 1. The zero-order valence-electron chi connectivity index (χ0n) is 15.4. The van der Waals surface area contributed by atoms with E-state index in [-0.39, 0.29) is 5.75 Å². The highest BCUT2D eigenvalue weighted by atomic mass is 19.4. The summed E-state index contributed by atoms with van der Waals surface area (Å²) < 4.78 is 68.8. The largest absolute Gasteiger partial charge is 0.465 e. The molecule has 0 aliphatic heterocycles. The van der Waals surface area contributed by atoms with E-state index in [1.165, 1.54) is 0 Å². The van der Waals surface area contributed by atoms with Crippen molar-refractivity contribution in [1.82, 2.24) is 0 Å². The summed E-state index contributed by atoms with van der Waals surface area (Å²) in [6.07, 6.45) is -6.02. The Morgan fingerprint density at radius 1 is 0.840 bits per heavy atom. The molecule has 1 rings (SSSR count). The first-order valence-corrected chi connectivity index (χ1v) is 7.71. The van der Waals surface area contributed by atoms with Crippen LogP contribution in [0, 0.1) is 6.92 Å². The van der Waals surface area contributed by atoms with Crippen molar-refractivity contribution < 1.29 is 31.5 Å². The Labute approximate surface area is 144 Å². The summed E-state index contributed by atoms with van der Waals surface area (Å²) in [5.41, 5.74) is 0.314. The zero-order valence-corrected chi connectivity index (χ0v) is 15.4. The lowest BCUT2D eigenvalue weighted by Crippen LogP contribution is -2.46. The van der Waals surface area contributed by atoms with Gasteiger partial charge in [0.05, 0.1) is 0 Å². The maximum atomic E-state index is 13.3. The van der Waals surface area contributed by atoms with E-state index in [9.17, 15) is 26.7 Å². The normalized spacial score (nSPS) is 13.8. The third-order valence-corrected chi connectivity index (χ3v) is 3.66. The van der Waals surface area contributed by atoms with Gasteiger partial charge >= 0.3 is 18.1 Å². The van der Waals surface area contributed by atoms with Gasteiger partial charge in [0.25, 0.3) is 0 Å². The molecule has 0 amide bonds. The number of rotatable bonds is 2. The molecular weight excluding hydrogens is 343 g/mol. The van der Waals surface area contributed by atoms with Crippen LogP contribution in [0.5, 0.6) is 5.75 Å². The first-order chi connectivity index (χ1) is 10.9. The number of alkyl halides is 5. The molecule has 0 heterocycles. The van der Waals surface area contributed by atoms with Gasteiger partial charge in [-0.1, -0.05) is 59.2 Å². The molecule has 0 saturated carbocycles. The Morgan fingerprint density at radius 3 is 1.48 bits per heavy atom. The molecule has 0 bridgehead atoms. The van der Waals surface area contributed by atoms with Gasteiger partial charge in [0.1, 0.15) is 5.75 Å². The minimum absolute atomic E-state index is 0.237. The molecule has 0 radical (unpaired) electrons. The molecule has 0 saturated heterocycles. The van der Waals surface area contributed by atoms with Crippen LogP contribution in [-0.2, 0) is 15.6 Å². The Morgan fingerprint density at radius 2 is 1.20 bits per heavy atom. The van der Waals surface area contributed by atoms with Gasteiger partial charge in [0.2, 0.25) is 0 Å².